The highest BCUT2D eigenvalue weighted by atomic mass is 19.1. The first kappa shape index (κ1) is 13.8. The fourth-order valence-corrected chi connectivity index (χ4v) is 1.41. The number of hydrogen-bond donors (Lipinski definition) is 0. The molecule has 0 N–H and O–H groups in total. The van der Waals surface area contributed by atoms with Crippen LogP contribution in [0.3, 0.4) is 0 Å². The van der Waals surface area contributed by atoms with Crippen LogP contribution in [0.25, 0.3) is 0 Å². The maximum atomic E-state index is 13.4. The van der Waals surface area contributed by atoms with Crippen molar-refractivity contribution in [3.8, 4) is 0 Å². The molecule has 1 rings (SSSR count). The molecule has 1 aromatic rings. The molecule has 0 radical (unpaired) electrons. The number of benzene rings is 1. The molecule has 17 heavy (non-hydrogen) atoms. The molecule has 1 nitrogen and oxygen atoms in total. The number of Topliss-reactive ketones (excluding diaryl/α,β-unsaturated/α-hetero) is 1. The minimum absolute atomic E-state index is 0.00777. The topological polar surface area (TPSA) is 17.1 Å². The molecule has 0 aromatic heterocycles. The van der Waals surface area contributed by atoms with Gasteiger partial charge in [0.25, 0.3) is 0 Å². The number of carbonyl (C=O) groups is 1. The van der Waals surface area contributed by atoms with E-state index in [2.05, 4.69) is 0 Å². The Balaban J connectivity index is 2.84. The molecule has 0 aliphatic heterocycles. The van der Waals surface area contributed by atoms with E-state index in [4.69, 9.17) is 0 Å². The summed E-state index contributed by atoms with van der Waals surface area (Å²) in [5.74, 6) is -1.58. The first-order valence-electron chi connectivity index (χ1n) is 5.70. The zero-order chi connectivity index (χ0) is 13.2. The fraction of sp³-hybridized carbons (Fsp3) is 0.500. The lowest BCUT2D eigenvalue weighted by molar-refractivity contribution is 0.0923. The SMILES string of the molecule is CC(CC(=O)c1ccc(F)cc1F)C(C)(C)C. The van der Waals surface area contributed by atoms with Gasteiger partial charge in [0.1, 0.15) is 11.6 Å². The quantitative estimate of drug-likeness (QED) is 0.723. The van der Waals surface area contributed by atoms with Crippen LogP contribution in [-0.4, -0.2) is 5.78 Å². The van der Waals surface area contributed by atoms with Gasteiger partial charge < -0.3 is 0 Å². The monoisotopic (exact) mass is 240 g/mol. The number of halogens is 2. The minimum Gasteiger partial charge on any atom is -0.294 e. The standard InChI is InChI=1S/C14H18F2O/c1-9(14(2,3)4)7-13(17)11-6-5-10(15)8-12(11)16/h5-6,8-9H,7H2,1-4H3. The highest BCUT2D eigenvalue weighted by Gasteiger charge is 2.24. The maximum Gasteiger partial charge on any atom is 0.166 e. The van der Waals surface area contributed by atoms with Crippen molar-refractivity contribution in [2.45, 2.75) is 34.1 Å². The summed E-state index contributed by atoms with van der Waals surface area (Å²) in [6, 6.07) is 3.06. The van der Waals surface area contributed by atoms with E-state index >= 15 is 0 Å². The summed E-state index contributed by atoms with van der Waals surface area (Å²) in [6.07, 6.45) is 0.270. The van der Waals surface area contributed by atoms with Gasteiger partial charge in [0.05, 0.1) is 5.56 Å². The lowest BCUT2D eigenvalue weighted by atomic mass is 9.78. The van der Waals surface area contributed by atoms with E-state index in [1.54, 1.807) is 0 Å². The molecule has 0 saturated heterocycles. The molecule has 3 heteroatoms. The van der Waals surface area contributed by atoms with E-state index < -0.39 is 11.6 Å². The molecule has 1 aromatic carbocycles. The highest BCUT2D eigenvalue weighted by molar-refractivity contribution is 5.96. The second kappa shape index (κ2) is 4.94. The highest BCUT2D eigenvalue weighted by Crippen LogP contribution is 2.29. The molecule has 94 valence electrons. The Bertz CT molecular complexity index is 419. The van der Waals surface area contributed by atoms with Crippen LogP contribution in [-0.2, 0) is 0 Å². The average Bonchev–Trinajstić information content (AvgIpc) is 2.15. The molecule has 1 unspecified atom stereocenters. The van der Waals surface area contributed by atoms with Crippen LogP contribution >= 0.6 is 0 Å². The molecule has 0 bridgehead atoms. The molecule has 0 aliphatic carbocycles. The Labute approximate surface area is 101 Å². The zero-order valence-corrected chi connectivity index (χ0v) is 10.7. The zero-order valence-electron chi connectivity index (χ0n) is 10.7. The van der Waals surface area contributed by atoms with Crippen molar-refractivity contribution >= 4 is 5.78 Å². The number of hydrogen-bond acceptors (Lipinski definition) is 1. The second-order valence-electron chi connectivity index (χ2n) is 5.52. The smallest absolute Gasteiger partial charge is 0.166 e. The third-order valence-electron chi connectivity index (χ3n) is 3.20. The Morgan fingerprint density at radius 3 is 2.35 bits per heavy atom. The fourth-order valence-electron chi connectivity index (χ4n) is 1.41. The van der Waals surface area contributed by atoms with Gasteiger partial charge in [-0.25, -0.2) is 8.78 Å². The first-order chi connectivity index (χ1) is 7.71. The largest absolute Gasteiger partial charge is 0.294 e. The predicted octanol–water partition coefficient (Wildman–Crippen LogP) is 4.22. The van der Waals surface area contributed by atoms with Crippen LogP contribution in [0, 0.1) is 23.0 Å². The van der Waals surface area contributed by atoms with E-state index in [9.17, 15) is 13.6 Å². The van der Waals surface area contributed by atoms with Gasteiger partial charge in [0.15, 0.2) is 5.78 Å². The summed E-state index contributed by atoms with van der Waals surface area (Å²) in [5, 5.41) is 0. The maximum absolute atomic E-state index is 13.4. The average molecular weight is 240 g/mol. The Morgan fingerprint density at radius 2 is 1.88 bits per heavy atom. The molecular weight excluding hydrogens is 222 g/mol. The number of rotatable bonds is 3. The summed E-state index contributed by atoms with van der Waals surface area (Å²) in [5.41, 5.74) is -0.0332. The van der Waals surface area contributed by atoms with Crippen molar-refractivity contribution in [1.29, 1.82) is 0 Å². The van der Waals surface area contributed by atoms with Gasteiger partial charge in [-0.05, 0) is 23.5 Å². The molecule has 0 fully saturated rings. The summed E-state index contributed by atoms with van der Waals surface area (Å²) >= 11 is 0. The lowest BCUT2D eigenvalue weighted by Gasteiger charge is -2.26. The van der Waals surface area contributed by atoms with Gasteiger partial charge in [0, 0.05) is 12.5 Å². The third kappa shape index (κ3) is 3.62. The van der Waals surface area contributed by atoms with Gasteiger partial charge in [-0.2, -0.15) is 0 Å². The lowest BCUT2D eigenvalue weighted by Crippen LogP contribution is -2.21. The Kier molecular flexibility index (Phi) is 4.02. The first-order valence-corrected chi connectivity index (χ1v) is 5.70. The summed E-state index contributed by atoms with van der Waals surface area (Å²) in [7, 11) is 0. The normalized spacial score (nSPS) is 13.5. The van der Waals surface area contributed by atoms with Gasteiger partial charge >= 0.3 is 0 Å². The van der Waals surface area contributed by atoms with Crippen molar-refractivity contribution < 1.29 is 13.6 Å². The minimum atomic E-state index is -0.781. The second-order valence-corrected chi connectivity index (χ2v) is 5.52. The third-order valence-corrected chi connectivity index (χ3v) is 3.20. The molecule has 0 amide bonds. The molecule has 0 heterocycles. The molecule has 0 saturated carbocycles. The summed E-state index contributed by atoms with van der Waals surface area (Å²) in [4.78, 5) is 11.9. The molecular formula is C14H18F2O. The van der Waals surface area contributed by atoms with Crippen LogP contribution < -0.4 is 0 Å². The number of carbonyl (C=O) groups excluding carboxylic acids is 1. The molecule has 1 atom stereocenters. The Hall–Kier alpha value is -1.25. The van der Waals surface area contributed by atoms with Crippen molar-refractivity contribution in [2.75, 3.05) is 0 Å². The van der Waals surface area contributed by atoms with Gasteiger partial charge in [-0.3, -0.25) is 4.79 Å². The van der Waals surface area contributed by atoms with E-state index in [1.807, 2.05) is 27.7 Å². The van der Waals surface area contributed by atoms with Crippen molar-refractivity contribution in [3.05, 3.63) is 35.4 Å². The van der Waals surface area contributed by atoms with Crippen LogP contribution in [0.5, 0.6) is 0 Å². The van der Waals surface area contributed by atoms with Crippen LogP contribution in [0.1, 0.15) is 44.5 Å². The van der Waals surface area contributed by atoms with Crippen LogP contribution in [0.4, 0.5) is 8.78 Å². The Morgan fingerprint density at radius 1 is 1.29 bits per heavy atom. The molecule has 0 aliphatic rings. The van der Waals surface area contributed by atoms with Gasteiger partial charge in [0.2, 0.25) is 0 Å². The van der Waals surface area contributed by atoms with Gasteiger partial charge in [-0.15, -0.1) is 0 Å². The summed E-state index contributed by atoms with van der Waals surface area (Å²) < 4.78 is 26.1. The van der Waals surface area contributed by atoms with E-state index in [0.717, 1.165) is 12.1 Å². The van der Waals surface area contributed by atoms with E-state index in [1.165, 1.54) is 6.07 Å². The van der Waals surface area contributed by atoms with Crippen molar-refractivity contribution in [2.24, 2.45) is 11.3 Å². The molecule has 0 spiro atoms. The number of ketones is 1. The van der Waals surface area contributed by atoms with Crippen LogP contribution in [0.2, 0.25) is 0 Å². The predicted molar refractivity (Wildman–Crippen MR) is 63.9 cm³/mol. The van der Waals surface area contributed by atoms with Crippen molar-refractivity contribution in [3.63, 3.8) is 0 Å². The van der Waals surface area contributed by atoms with Crippen LogP contribution in [0.15, 0.2) is 18.2 Å². The van der Waals surface area contributed by atoms with E-state index in [-0.39, 0.29) is 29.1 Å². The van der Waals surface area contributed by atoms with Gasteiger partial charge in [-0.1, -0.05) is 27.7 Å². The van der Waals surface area contributed by atoms with Crippen molar-refractivity contribution in [1.82, 2.24) is 0 Å². The summed E-state index contributed by atoms with van der Waals surface area (Å²) in [6.45, 7) is 8.06. The van der Waals surface area contributed by atoms with E-state index in [0.29, 0.717) is 0 Å².